The SMILES string of the molecule is CC(C)C[C@@H](NC(=O)c1ccc(Cl)s1)C(=O)Nc1ccc(N2CCOCC2=O)c(F)c1. The van der Waals surface area contributed by atoms with E-state index in [1.165, 1.54) is 17.0 Å². The Kier molecular flexibility index (Phi) is 7.64. The molecule has 1 aliphatic rings. The Morgan fingerprint density at radius 2 is 2.06 bits per heavy atom. The van der Waals surface area contributed by atoms with Gasteiger partial charge in [-0.1, -0.05) is 25.4 Å². The van der Waals surface area contributed by atoms with E-state index in [4.69, 9.17) is 16.3 Å². The first-order chi connectivity index (χ1) is 14.7. The normalized spacial score (nSPS) is 15.1. The zero-order valence-corrected chi connectivity index (χ0v) is 18.7. The first-order valence-corrected chi connectivity index (χ1v) is 11.0. The summed E-state index contributed by atoms with van der Waals surface area (Å²) in [7, 11) is 0. The van der Waals surface area contributed by atoms with E-state index in [0.29, 0.717) is 22.2 Å². The standard InChI is InChI=1S/C21H23ClFN3O4S/c1-12(2)9-15(25-21(29)17-5-6-18(22)31-17)20(28)24-13-3-4-16(14(23)10-13)26-7-8-30-11-19(26)27/h3-6,10,12,15H,7-9,11H2,1-2H3,(H,24,28)(H,25,29)/t15-/m1/s1. The van der Waals surface area contributed by atoms with Gasteiger partial charge < -0.3 is 20.3 Å². The molecule has 1 atom stereocenters. The lowest BCUT2D eigenvalue weighted by atomic mass is 10.0. The average molecular weight is 468 g/mol. The molecule has 1 aliphatic heterocycles. The van der Waals surface area contributed by atoms with Crippen molar-refractivity contribution in [1.29, 1.82) is 0 Å². The van der Waals surface area contributed by atoms with Gasteiger partial charge in [-0.2, -0.15) is 0 Å². The maximum atomic E-state index is 14.6. The summed E-state index contributed by atoms with van der Waals surface area (Å²) in [6, 6.07) is 6.51. The quantitative estimate of drug-likeness (QED) is 0.650. The molecule has 3 amide bonds. The van der Waals surface area contributed by atoms with E-state index in [0.717, 1.165) is 17.4 Å². The van der Waals surface area contributed by atoms with E-state index in [-0.39, 0.29) is 36.4 Å². The molecule has 2 N–H and O–H groups in total. The number of halogens is 2. The predicted molar refractivity (Wildman–Crippen MR) is 118 cm³/mol. The van der Waals surface area contributed by atoms with Crippen molar-refractivity contribution in [2.75, 3.05) is 30.0 Å². The number of benzene rings is 1. The Balaban J connectivity index is 1.71. The Bertz CT molecular complexity index is 981. The molecule has 1 fully saturated rings. The second-order valence-electron chi connectivity index (χ2n) is 7.51. The number of hydrogen-bond acceptors (Lipinski definition) is 5. The van der Waals surface area contributed by atoms with Crippen LogP contribution in [0, 0.1) is 11.7 Å². The van der Waals surface area contributed by atoms with E-state index >= 15 is 0 Å². The minimum absolute atomic E-state index is 0.0933. The second kappa shape index (κ2) is 10.2. The zero-order valence-electron chi connectivity index (χ0n) is 17.1. The number of nitrogens with one attached hydrogen (secondary N) is 2. The smallest absolute Gasteiger partial charge is 0.262 e. The summed E-state index contributed by atoms with van der Waals surface area (Å²) < 4.78 is 20.2. The number of amides is 3. The molecule has 166 valence electrons. The zero-order chi connectivity index (χ0) is 22.5. The van der Waals surface area contributed by atoms with E-state index in [9.17, 15) is 18.8 Å². The number of anilines is 2. The van der Waals surface area contributed by atoms with E-state index < -0.39 is 23.7 Å². The molecule has 10 heteroatoms. The van der Waals surface area contributed by atoms with Crippen LogP contribution in [0.3, 0.4) is 0 Å². The van der Waals surface area contributed by atoms with Crippen LogP contribution in [-0.4, -0.2) is 43.5 Å². The first kappa shape index (κ1) is 23.2. The average Bonchev–Trinajstić information content (AvgIpc) is 3.14. The molecule has 2 aromatic rings. The predicted octanol–water partition coefficient (Wildman–Crippen LogP) is 3.69. The second-order valence-corrected chi connectivity index (χ2v) is 9.23. The number of morpholine rings is 1. The third-order valence-corrected chi connectivity index (χ3v) is 5.85. The van der Waals surface area contributed by atoms with Gasteiger partial charge >= 0.3 is 0 Å². The molecule has 3 rings (SSSR count). The topological polar surface area (TPSA) is 87.7 Å². The molecule has 1 aromatic carbocycles. The summed E-state index contributed by atoms with van der Waals surface area (Å²) in [5.41, 5.74) is 0.363. The van der Waals surface area contributed by atoms with Gasteiger partial charge in [0, 0.05) is 12.2 Å². The number of thiophene rings is 1. The summed E-state index contributed by atoms with van der Waals surface area (Å²) >= 11 is 7.00. The largest absolute Gasteiger partial charge is 0.370 e. The van der Waals surface area contributed by atoms with Crippen LogP contribution in [0.25, 0.3) is 0 Å². The summed E-state index contributed by atoms with van der Waals surface area (Å²) in [5, 5.41) is 5.37. The van der Waals surface area contributed by atoms with Gasteiger partial charge in [0.25, 0.3) is 11.8 Å². The molecule has 0 radical (unpaired) electrons. The highest BCUT2D eigenvalue weighted by atomic mass is 35.5. The summed E-state index contributed by atoms with van der Waals surface area (Å²) in [6.45, 7) is 4.36. The number of hydrogen-bond donors (Lipinski definition) is 2. The summed E-state index contributed by atoms with van der Waals surface area (Å²) in [6.07, 6.45) is 0.402. The minimum atomic E-state index is -0.808. The molecule has 0 unspecified atom stereocenters. The van der Waals surface area contributed by atoms with Gasteiger partial charge in [0.05, 0.1) is 21.5 Å². The third kappa shape index (κ3) is 6.03. The van der Waals surface area contributed by atoms with Gasteiger partial charge in [-0.25, -0.2) is 4.39 Å². The monoisotopic (exact) mass is 467 g/mol. The molecular formula is C21H23ClFN3O4S. The van der Waals surface area contributed by atoms with Gasteiger partial charge in [0.1, 0.15) is 18.5 Å². The molecule has 0 bridgehead atoms. The van der Waals surface area contributed by atoms with Crippen LogP contribution in [0.1, 0.15) is 29.9 Å². The van der Waals surface area contributed by atoms with Crippen molar-refractivity contribution >= 4 is 52.0 Å². The van der Waals surface area contributed by atoms with E-state index in [1.54, 1.807) is 12.1 Å². The molecule has 0 saturated carbocycles. The van der Waals surface area contributed by atoms with Gasteiger partial charge in [-0.15, -0.1) is 11.3 Å². The van der Waals surface area contributed by atoms with Crippen molar-refractivity contribution in [3.8, 4) is 0 Å². The summed E-state index contributed by atoms with van der Waals surface area (Å²) in [4.78, 5) is 38.9. The number of rotatable bonds is 7. The molecule has 1 saturated heterocycles. The Labute approximate surface area is 188 Å². The highest BCUT2D eigenvalue weighted by Gasteiger charge is 2.25. The minimum Gasteiger partial charge on any atom is -0.370 e. The van der Waals surface area contributed by atoms with Crippen molar-refractivity contribution in [3.05, 3.63) is 45.4 Å². The lowest BCUT2D eigenvalue weighted by molar-refractivity contribution is -0.125. The molecule has 0 spiro atoms. The van der Waals surface area contributed by atoms with Crippen molar-refractivity contribution < 1.29 is 23.5 Å². The lowest BCUT2D eigenvalue weighted by Crippen LogP contribution is -2.44. The van der Waals surface area contributed by atoms with Crippen LogP contribution in [0.5, 0.6) is 0 Å². The van der Waals surface area contributed by atoms with Crippen molar-refractivity contribution in [2.45, 2.75) is 26.3 Å². The number of carbonyl (C=O) groups excluding carboxylic acids is 3. The van der Waals surface area contributed by atoms with Crippen molar-refractivity contribution in [2.24, 2.45) is 5.92 Å². The Hall–Kier alpha value is -2.49. The Morgan fingerprint density at radius 3 is 2.68 bits per heavy atom. The van der Waals surface area contributed by atoms with Gasteiger partial charge in [0.15, 0.2) is 0 Å². The van der Waals surface area contributed by atoms with Gasteiger partial charge in [-0.05, 0) is 42.7 Å². The van der Waals surface area contributed by atoms with Crippen LogP contribution in [0.15, 0.2) is 30.3 Å². The highest BCUT2D eigenvalue weighted by Crippen LogP contribution is 2.25. The molecule has 2 heterocycles. The van der Waals surface area contributed by atoms with Crippen molar-refractivity contribution in [1.82, 2.24) is 5.32 Å². The lowest BCUT2D eigenvalue weighted by Gasteiger charge is -2.27. The third-order valence-electron chi connectivity index (χ3n) is 4.62. The van der Waals surface area contributed by atoms with Crippen LogP contribution < -0.4 is 15.5 Å². The number of ether oxygens (including phenoxy) is 1. The molecular weight excluding hydrogens is 445 g/mol. The van der Waals surface area contributed by atoms with Gasteiger partial charge in [0.2, 0.25) is 5.91 Å². The maximum absolute atomic E-state index is 14.6. The number of carbonyl (C=O) groups is 3. The van der Waals surface area contributed by atoms with Crippen molar-refractivity contribution in [3.63, 3.8) is 0 Å². The highest BCUT2D eigenvalue weighted by molar-refractivity contribution is 7.18. The van der Waals surface area contributed by atoms with Crippen LogP contribution in [-0.2, 0) is 14.3 Å². The van der Waals surface area contributed by atoms with Gasteiger partial charge in [-0.3, -0.25) is 14.4 Å². The van der Waals surface area contributed by atoms with Crippen LogP contribution in [0.4, 0.5) is 15.8 Å². The molecule has 31 heavy (non-hydrogen) atoms. The molecule has 0 aliphatic carbocycles. The fourth-order valence-electron chi connectivity index (χ4n) is 3.17. The fraction of sp³-hybridized carbons (Fsp3) is 0.381. The van der Waals surface area contributed by atoms with Crippen LogP contribution >= 0.6 is 22.9 Å². The Morgan fingerprint density at radius 1 is 1.29 bits per heavy atom. The van der Waals surface area contributed by atoms with Crippen LogP contribution in [0.2, 0.25) is 4.34 Å². The maximum Gasteiger partial charge on any atom is 0.262 e. The van der Waals surface area contributed by atoms with E-state index in [1.807, 2.05) is 13.8 Å². The number of nitrogens with zero attached hydrogens (tertiary/aromatic N) is 1. The fourth-order valence-corrected chi connectivity index (χ4v) is 4.12. The first-order valence-electron chi connectivity index (χ1n) is 9.79. The van der Waals surface area contributed by atoms with E-state index in [2.05, 4.69) is 10.6 Å². The summed E-state index contributed by atoms with van der Waals surface area (Å²) in [5.74, 6) is -1.68. The molecule has 7 nitrogen and oxygen atoms in total. The molecule has 1 aromatic heterocycles.